The molecule has 1 saturated heterocycles. The molecule has 2 unspecified atom stereocenters. The lowest BCUT2D eigenvalue weighted by atomic mass is 9.74. The van der Waals surface area contributed by atoms with E-state index in [-0.39, 0.29) is 37.4 Å². The van der Waals surface area contributed by atoms with Gasteiger partial charge in [0.1, 0.15) is 17.2 Å². The lowest BCUT2D eigenvalue weighted by molar-refractivity contribution is -0.273. The molecule has 0 aromatic heterocycles. The second kappa shape index (κ2) is 11.6. The lowest BCUT2D eigenvalue weighted by Crippen LogP contribution is -2.63. The molecule has 0 bridgehead atoms. The minimum absolute atomic E-state index is 0.0294. The number of ether oxygens (including phenoxy) is 3. The molecule has 0 spiro atoms. The predicted octanol–water partition coefficient (Wildman–Crippen LogP) is 4.28. The Bertz CT molecular complexity index is 995. The van der Waals surface area contributed by atoms with Crippen LogP contribution in [0, 0.1) is 5.82 Å². The molecule has 0 radical (unpaired) electrons. The van der Waals surface area contributed by atoms with Gasteiger partial charge in [0, 0.05) is 37.8 Å². The summed E-state index contributed by atoms with van der Waals surface area (Å²) < 4.78 is 72.7. The zero-order valence-corrected chi connectivity index (χ0v) is 22.9. The van der Waals surface area contributed by atoms with Gasteiger partial charge in [0.05, 0.1) is 20.6 Å². The second-order valence-electron chi connectivity index (χ2n) is 11.3. The molecule has 1 aromatic rings. The Hall–Kier alpha value is -2.60. The van der Waals surface area contributed by atoms with Crippen molar-refractivity contribution in [2.75, 3.05) is 40.4 Å². The average molecular weight is 551 g/mol. The van der Waals surface area contributed by atoms with Gasteiger partial charge in [-0.15, -0.1) is 0 Å². The van der Waals surface area contributed by atoms with Gasteiger partial charge >= 0.3 is 18.2 Å². The quantitative estimate of drug-likeness (QED) is 0.382. The molecule has 216 valence electrons. The fraction of sp³-hybridized carbons (Fsp3) is 0.692. The summed E-state index contributed by atoms with van der Waals surface area (Å²) in [6.07, 6.45) is -6.84. The highest BCUT2D eigenvalue weighted by Gasteiger charge is 2.57. The number of aliphatic hydroxyl groups is 1. The van der Waals surface area contributed by atoms with Crippen molar-refractivity contribution in [1.82, 2.24) is 9.80 Å². The van der Waals surface area contributed by atoms with Gasteiger partial charge in [-0.2, -0.15) is 13.2 Å². The van der Waals surface area contributed by atoms with Crippen LogP contribution in [-0.4, -0.2) is 90.8 Å². The van der Waals surface area contributed by atoms with Gasteiger partial charge in [-0.1, -0.05) is 13.8 Å². The number of piperazine rings is 1. The Morgan fingerprint density at radius 3 is 2.24 bits per heavy atom. The van der Waals surface area contributed by atoms with E-state index >= 15 is 0 Å². The predicted molar refractivity (Wildman–Crippen MR) is 131 cm³/mol. The zero-order chi connectivity index (χ0) is 29.1. The third kappa shape index (κ3) is 7.95. The monoisotopic (exact) mass is 550 g/mol. The molecule has 1 fully saturated rings. The number of nitrogens with zero attached hydrogens (tertiary/aromatic N) is 2. The third-order valence-electron chi connectivity index (χ3n) is 6.50. The van der Waals surface area contributed by atoms with Crippen LogP contribution in [0.3, 0.4) is 0 Å². The number of carbonyl (C=O) groups excluding carboxylic acids is 2. The maximum atomic E-state index is 14.5. The summed E-state index contributed by atoms with van der Waals surface area (Å²) in [7, 11) is 2.48. The molecule has 0 saturated carbocycles. The van der Waals surface area contributed by atoms with E-state index in [0.717, 1.165) is 19.2 Å². The van der Waals surface area contributed by atoms with Crippen molar-refractivity contribution in [3.63, 3.8) is 0 Å². The zero-order valence-electron chi connectivity index (χ0n) is 22.9. The summed E-state index contributed by atoms with van der Waals surface area (Å²) in [5.41, 5.74) is -5.22. The average Bonchev–Trinajstić information content (AvgIpc) is 2.77. The Kier molecular flexibility index (Phi) is 9.69. The highest BCUT2D eigenvalue weighted by Crippen LogP contribution is 2.44. The molecule has 2 atom stereocenters. The van der Waals surface area contributed by atoms with Crippen molar-refractivity contribution in [1.29, 1.82) is 0 Å². The SMILES string of the molecule is COC(=O)CC1CN(C(=O)OC(C)(C)C)CCN1CC(O)(CC(C)(C)c1cc(F)ccc1OC)C(F)(F)F. The van der Waals surface area contributed by atoms with Crippen molar-refractivity contribution < 1.29 is 46.5 Å². The Labute approximate surface area is 220 Å². The molecule has 0 aliphatic carbocycles. The molecule has 2 rings (SSSR count). The van der Waals surface area contributed by atoms with E-state index < -0.39 is 59.7 Å². The third-order valence-corrected chi connectivity index (χ3v) is 6.50. The molecule has 1 heterocycles. The fourth-order valence-corrected chi connectivity index (χ4v) is 4.68. The summed E-state index contributed by atoms with van der Waals surface area (Å²) in [4.78, 5) is 27.3. The van der Waals surface area contributed by atoms with E-state index in [1.54, 1.807) is 20.8 Å². The van der Waals surface area contributed by atoms with Crippen LogP contribution in [0.1, 0.15) is 53.0 Å². The maximum absolute atomic E-state index is 14.5. The van der Waals surface area contributed by atoms with E-state index in [1.807, 2.05) is 0 Å². The van der Waals surface area contributed by atoms with Crippen LogP contribution >= 0.6 is 0 Å². The van der Waals surface area contributed by atoms with Gasteiger partial charge in [0.2, 0.25) is 0 Å². The van der Waals surface area contributed by atoms with Crippen LogP contribution in [0.4, 0.5) is 22.4 Å². The number of β-amino-alcohol motifs (C(OH)–C–C–N with tert-alkyl or cyclic N) is 1. The molecular weight excluding hydrogens is 512 g/mol. The van der Waals surface area contributed by atoms with Gasteiger partial charge in [0.25, 0.3) is 0 Å². The fourth-order valence-electron chi connectivity index (χ4n) is 4.68. The lowest BCUT2D eigenvalue weighted by Gasteiger charge is -2.46. The standard InChI is InChI=1S/C26H38F4N2O6/c1-23(2,3)38-22(34)31-10-11-32(18(14-31)13-21(33)37-7)16-25(35,26(28,29)30)15-24(4,5)19-12-17(27)8-9-20(19)36-6/h8-9,12,18,35H,10-11,13-16H2,1-7H3. The van der Waals surface area contributed by atoms with Crippen molar-refractivity contribution in [3.8, 4) is 5.75 Å². The van der Waals surface area contributed by atoms with Crippen LogP contribution in [0.5, 0.6) is 5.75 Å². The summed E-state index contributed by atoms with van der Waals surface area (Å²) in [6.45, 7) is 7.00. The molecule has 12 heteroatoms. The molecular formula is C26H38F4N2O6. The number of hydrogen-bond donors (Lipinski definition) is 1. The van der Waals surface area contributed by atoms with Crippen LogP contribution < -0.4 is 4.74 Å². The van der Waals surface area contributed by atoms with Crippen molar-refractivity contribution in [2.24, 2.45) is 0 Å². The Morgan fingerprint density at radius 1 is 1.08 bits per heavy atom. The number of alkyl halides is 3. The maximum Gasteiger partial charge on any atom is 0.418 e. The van der Waals surface area contributed by atoms with Gasteiger partial charge in [-0.3, -0.25) is 9.69 Å². The van der Waals surface area contributed by atoms with Gasteiger partial charge in [0.15, 0.2) is 5.60 Å². The summed E-state index contributed by atoms with van der Waals surface area (Å²) >= 11 is 0. The summed E-state index contributed by atoms with van der Waals surface area (Å²) in [5, 5.41) is 11.1. The number of benzene rings is 1. The van der Waals surface area contributed by atoms with Crippen LogP contribution in [0.15, 0.2) is 18.2 Å². The van der Waals surface area contributed by atoms with Gasteiger partial charge in [-0.05, 0) is 50.8 Å². The summed E-state index contributed by atoms with van der Waals surface area (Å²) in [6, 6.07) is 2.68. The Morgan fingerprint density at radius 2 is 1.71 bits per heavy atom. The van der Waals surface area contributed by atoms with Crippen molar-refractivity contribution >= 4 is 12.1 Å². The number of methoxy groups -OCH3 is 2. The molecule has 1 N–H and O–H groups in total. The summed E-state index contributed by atoms with van der Waals surface area (Å²) in [5.74, 6) is -1.14. The van der Waals surface area contributed by atoms with Crippen molar-refractivity contribution in [2.45, 2.75) is 76.3 Å². The number of carbonyl (C=O) groups is 2. The topological polar surface area (TPSA) is 88.5 Å². The van der Waals surface area contributed by atoms with E-state index in [9.17, 15) is 32.3 Å². The van der Waals surface area contributed by atoms with E-state index in [0.29, 0.717) is 0 Å². The van der Waals surface area contributed by atoms with Crippen LogP contribution in [-0.2, 0) is 19.7 Å². The molecule has 38 heavy (non-hydrogen) atoms. The first-order chi connectivity index (χ1) is 17.3. The van der Waals surface area contributed by atoms with E-state index in [4.69, 9.17) is 14.2 Å². The normalized spacial score (nSPS) is 19.1. The molecule has 8 nitrogen and oxygen atoms in total. The molecule has 1 aliphatic rings. The highest BCUT2D eigenvalue weighted by atomic mass is 19.4. The van der Waals surface area contributed by atoms with Crippen LogP contribution in [0.25, 0.3) is 0 Å². The molecule has 1 aromatic carbocycles. The molecule has 1 amide bonds. The van der Waals surface area contributed by atoms with Gasteiger partial charge < -0.3 is 24.2 Å². The first-order valence-electron chi connectivity index (χ1n) is 12.2. The highest BCUT2D eigenvalue weighted by molar-refractivity contribution is 5.71. The largest absolute Gasteiger partial charge is 0.496 e. The number of halogens is 4. The first kappa shape index (κ1) is 31.6. The minimum Gasteiger partial charge on any atom is -0.496 e. The molecule has 1 aliphatic heterocycles. The van der Waals surface area contributed by atoms with E-state index in [2.05, 4.69) is 0 Å². The number of hydrogen-bond acceptors (Lipinski definition) is 7. The smallest absolute Gasteiger partial charge is 0.418 e. The minimum atomic E-state index is -5.07. The number of amides is 1. The van der Waals surface area contributed by atoms with Crippen LogP contribution in [0.2, 0.25) is 0 Å². The van der Waals surface area contributed by atoms with Gasteiger partial charge in [-0.25, -0.2) is 9.18 Å². The van der Waals surface area contributed by atoms with E-state index in [1.165, 1.54) is 36.8 Å². The Balaban J connectivity index is 2.38. The number of rotatable bonds is 8. The number of esters is 1. The first-order valence-corrected chi connectivity index (χ1v) is 12.2. The second-order valence-corrected chi connectivity index (χ2v) is 11.3. The van der Waals surface area contributed by atoms with Crippen molar-refractivity contribution in [3.05, 3.63) is 29.6 Å².